The molecule has 0 saturated heterocycles. The van der Waals surface area contributed by atoms with Crippen molar-refractivity contribution in [2.24, 2.45) is 7.05 Å². The van der Waals surface area contributed by atoms with Crippen LogP contribution in [0.2, 0.25) is 4.34 Å². The number of aryl methyl sites for hydroxylation is 1. The summed E-state index contributed by atoms with van der Waals surface area (Å²) >= 11 is 10.6. The molecule has 0 fully saturated rings. The fourth-order valence-corrected chi connectivity index (χ4v) is 3.12. The van der Waals surface area contributed by atoms with E-state index in [9.17, 15) is 5.11 Å². The van der Waals surface area contributed by atoms with Crippen molar-refractivity contribution in [1.29, 1.82) is 0 Å². The number of aromatic nitrogens is 2. The third-order valence-electron chi connectivity index (χ3n) is 2.16. The third-order valence-corrected chi connectivity index (χ3v) is 4.74. The van der Waals surface area contributed by atoms with Gasteiger partial charge in [-0.3, -0.25) is 4.68 Å². The van der Waals surface area contributed by atoms with Gasteiger partial charge in [0.2, 0.25) is 0 Å². The van der Waals surface area contributed by atoms with Gasteiger partial charge in [-0.25, -0.2) is 0 Å². The van der Waals surface area contributed by atoms with Crippen LogP contribution >= 0.6 is 38.9 Å². The van der Waals surface area contributed by atoms with Crippen LogP contribution in [0, 0.1) is 0 Å². The van der Waals surface area contributed by atoms with Gasteiger partial charge in [-0.1, -0.05) is 11.6 Å². The molecule has 2 aromatic rings. The van der Waals surface area contributed by atoms with E-state index in [4.69, 9.17) is 11.6 Å². The average molecular weight is 322 g/mol. The average Bonchev–Trinajstić information content (AvgIpc) is 2.75. The molecule has 1 unspecified atom stereocenters. The molecule has 16 heavy (non-hydrogen) atoms. The van der Waals surface area contributed by atoms with Gasteiger partial charge in [0.15, 0.2) is 0 Å². The Hall–Kier alpha value is -0.360. The van der Waals surface area contributed by atoms with Crippen molar-refractivity contribution in [3.63, 3.8) is 0 Å². The smallest absolute Gasteiger partial charge is 0.107 e. The largest absolute Gasteiger partial charge is 0.387 e. The van der Waals surface area contributed by atoms with E-state index in [-0.39, 0.29) is 0 Å². The zero-order valence-electron chi connectivity index (χ0n) is 8.52. The predicted octanol–water partition coefficient (Wildman–Crippen LogP) is 3.17. The van der Waals surface area contributed by atoms with Crippen molar-refractivity contribution in [1.82, 2.24) is 9.78 Å². The Morgan fingerprint density at radius 2 is 2.44 bits per heavy atom. The minimum absolute atomic E-state index is 0.504. The van der Waals surface area contributed by atoms with Crippen molar-refractivity contribution in [3.05, 3.63) is 37.7 Å². The van der Waals surface area contributed by atoms with Crippen LogP contribution in [0.3, 0.4) is 0 Å². The van der Waals surface area contributed by atoms with Crippen molar-refractivity contribution >= 4 is 38.9 Å². The first kappa shape index (κ1) is 12.1. The Bertz CT molecular complexity index is 477. The van der Waals surface area contributed by atoms with E-state index in [0.717, 1.165) is 15.0 Å². The molecule has 0 spiro atoms. The second-order valence-electron chi connectivity index (χ2n) is 3.47. The zero-order valence-corrected chi connectivity index (χ0v) is 11.7. The Morgan fingerprint density at radius 1 is 1.69 bits per heavy atom. The number of thiophene rings is 1. The van der Waals surface area contributed by atoms with E-state index in [2.05, 4.69) is 21.0 Å². The second kappa shape index (κ2) is 4.87. The van der Waals surface area contributed by atoms with Crippen LogP contribution in [0.15, 0.2) is 22.8 Å². The summed E-state index contributed by atoms with van der Waals surface area (Å²) < 4.78 is 3.21. The molecule has 2 rings (SSSR count). The van der Waals surface area contributed by atoms with Gasteiger partial charge in [-0.2, -0.15) is 5.10 Å². The van der Waals surface area contributed by atoms with Crippen LogP contribution in [0.4, 0.5) is 0 Å². The topological polar surface area (TPSA) is 38.0 Å². The standard InChI is InChI=1S/C10H10BrClN2OS/c1-14-3-2-6(13-14)4-8(15)9-5-7(11)10(12)16-9/h2-3,5,8,15H,4H2,1H3. The highest BCUT2D eigenvalue weighted by Gasteiger charge is 2.14. The molecule has 0 aliphatic carbocycles. The molecule has 0 amide bonds. The summed E-state index contributed by atoms with van der Waals surface area (Å²) in [5, 5.41) is 14.2. The summed E-state index contributed by atoms with van der Waals surface area (Å²) in [7, 11) is 1.86. The molecule has 0 aromatic carbocycles. The van der Waals surface area contributed by atoms with Gasteiger partial charge >= 0.3 is 0 Å². The van der Waals surface area contributed by atoms with E-state index in [1.807, 2.05) is 25.4 Å². The highest BCUT2D eigenvalue weighted by molar-refractivity contribution is 9.10. The summed E-state index contributed by atoms with van der Waals surface area (Å²) in [6.45, 7) is 0. The van der Waals surface area contributed by atoms with E-state index < -0.39 is 6.10 Å². The fraction of sp³-hybridized carbons (Fsp3) is 0.300. The molecule has 1 atom stereocenters. The van der Waals surface area contributed by atoms with E-state index in [0.29, 0.717) is 10.8 Å². The van der Waals surface area contributed by atoms with Gasteiger partial charge in [-0.15, -0.1) is 11.3 Å². The molecule has 3 nitrogen and oxygen atoms in total. The summed E-state index contributed by atoms with van der Waals surface area (Å²) in [6.07, 6.45) is 1.81. The van der Waals surface area contributed by atoms with Gasteiger partial charge in [0.1, 0.15) is 4.34 Å². The molecular formula is C10H10BrClN2OS. The minimum atomic E-state index is -0.552. The zero-order chi connectivity index (χ0) is 11.7. The number of aliphatic hydroxyl groups excluding tert-OH is 1. The van der Waals surface area contributed by atoms with Crippen LogP contribution in [0.1, 0.15) is 16.7 Å². The first-order valence-electron chi connectivity index (χ1n) is 4.67. The molecular weight excluding hydrogens is 312 g/mol. The summed E-state index contributed by atoms with van der Waals surface area (Å²) in [5.41, 5.74) is 0.871. The number of nitrogens with zero attached hydrogens (tertiary/aromatic N) is 2. The Balaban J connectivity index is 2.11. The lowest BCUT2D eigenvalue weighted by molar-refractivity contribution is 0.181. The maximum absolute atomic E-state index is 10.0. The molecule has 6 heteroatoms. The lowest BCUT2D eigenvalue weighted by Crippen LogP contribution is -2.01. The van der Waals surface area contributed by atoms with Crippen LogP contribution in [-0.2, 0) is 13.5 Å². The first-order valence-corrected chi connectivity index (χ1v) is 6.66. The van der Waals surface area contributed by atoms with Crippen molar-refractivity contribution in [3.8, 4) is 0 Å². The first-order chi connectivity index (χ1) is 7.56. The molecule has 0 saturated carbocycles. The molecule has 0 aliphatic heterocycles. The number of aliphatic hydroxyl groups is 1. The van der Waals surface area contributed by atoms with E-state index in [1.165, 1.54) is 11.3 Å². The van der Waals surface area contributed by atoms with Crippen LogP contribution < -0.4 is 0 Å². The van der Waals surface area contributed by atoms with Gasteiger partial charge in [-0.05, 0) is 28.1 Å². The van der Waals surface area contributed by atoms with Crippen LogP contribution in [-0.4, -0.2) is 14.9 Å². The third kappa shape index (κ3) is 2.66. The maximum Gasteiger partial charge on any atom is 0.107 e. The fourth-order valence-electron chi connectivity index (χ4n) is 1.40. The minimum Gasteiger partial charge on any atom is -0.387 e. The van der Waals surface area contributed by atoms with Gasteiger partial charge in [0.05, 0.1) is 11.8 Å². The van der Waals surface area contributed by atoms with Crippen LogP contribution in [0.5, 0.6) is 0 Å². The summed E-state index contributed by atoms with van der Waals surface area (Å²) in [5.74, 6) is 0. The molecule has 86 valence electrons. The lowest BCUT2D eigenvalue weighted by Gasteiger charge is -2.05. The van der Waals surface area contributed by atoms with E-state index in [1.54, 1.807) is 4.68 Å². The normalized spacial score (nSPS) is 13.0. The molecule has 1 N–H and O–H groups in total. The van der Waals surface area contributed by atoms with Gasteiger partial charge < -0.3 is 5.11 Å². The predicted molar refractivity (Wildman–Crippen MR) is 68.9 cm³/mol. The molecule has 0 bridgehead atoms. The van der Waals surface area contributed by atoms with Gasteiger partial charge in [0, 0.05) is 29.0 Å². The Labute approximate surface area is 111 Å². The number of halogens is 2. The second-order valence-corrected chi connectivity index (χ2v) is 6.01. The van der Waals surface area contributed by atoms with Crippen LogP contribution in [0.25, 0.3) is 0 Å². The Kier molecular flexibility index (Phi) is 3.69. The maximum atomic E-state index is 10.0. The van der Waals surface area contributed by atoms with Crippen molar-refractivity contribution in [2.45, 2.75) is 12.5 Å². The number of hydrogen-bond donors (Lipinski definition) is 1. The summed E-state index contributed by atoms with van der Waals surface area (Å²) in [6, 6.07) is 3.74. The molecule has 0 radical (unpaired) electrons. The van der Waals surface area contributed by atoms with Gasteiger partial charge in [0.25, 0.3) is 0 Å². The molecule has 2 heterocycles. The number of rotatable bonds is 3. The number of hydrogen-bond acceptors (Lipinski definition) is 3. The highest BCUT2D eigenvalue weighted by atomic mass is 79.9. The van der Waals surface area contributed by atoms with Crippen molar-refractivity contribution < 1.29 is 5.11 Å². The molecule has 2 aromatic heterocycles. The van der Waals surface area contributed by atoms with Crippen molar-refractivity contribution in [2.75, 3.05) is 0 Å². The Morgan fingerprint density at radius 3 is 2.94 bits per heavy atom. The monoisotopic (exact) mass is 320 g/mol. The summed E-state index contributed by atoms with van der Waals surface area (Å²) in [4.78, 5) is 0.850. The molecule has 0 aliphatic rings. The highest BCUT2D eigenvalue weighted by Crippen LogP contribution is 2.35. The SMILES string of the molecule is Cn1ccc(CC(O)c2cc(Br)c(Cl)s2)n1. The lowest BCUT2D eigenvalue weighted by atomic mass is 10.2. The van der Waals surface area contributed by atoms with E-state index >= 15 is 0 Å². The quantitative estimate of drug-likeness (QED) is 0.943.